The molecular weight excluding hydrogens is 314 g/mol. The van der Waals surface area contributed by atoms with E-state index in [2.05, 4.69) is 29.0 Å². The minimum absolute atomic E-state index is 0.0420. The number of amides is 1. The SMILES string of the molecule is CC(C)CN1CCC[C@H]1C(=O)Nc1ccccc1Oc1cccnc1. The van der Waals surface area contributed by atoms with Crippen LogP contribution in [0.25, 0.3) is 0 Å². The minimum Gasteiger partial charge on any atom is -0.454 e. The van der Waals surface area contributed by atoms with Gasteiger partial charge in [-0.05, 0) is 49.6 Å². The van der Waals surface area contributed by atoms with E-state index in [4.69, 9.17) is 4.74 Å². The van der Waals surface area contributed by atoms with Gasteiger partial charge in [0.25, 0.3) is 0 Å². The van der Waals surface area contributed by atoms with Gasteiger partial charge >= 0.3 is 0 Å². The molecule has 3 rings (SSSR count). The zero-order chi connectivity index (χ0) is 17.6. The van der Waals surface area contributed by atoms with Gasteiger partial charge in [0.2, 0.25) is 5.91 Å². The molecule has 5 heteroatoms. The molecule has 0 bridgehead atoms. The highest BCUT2D eigenvalue weighted by molar-refractivity contribution is 5.96. The highest BCUT2D eigenvalue weighted by atomic mass is 16.5. The van der Waals surface area contributed by atoms with Gasteiger partial charge in [0.1, 0.15) is 5.75 Å². The van der Waals surface area contributed by atoms with E-state index in [1.54, 1.807) is 12.4 Å². The molecule has 25 heavy (non-hydrogen) atoms. The number of hydrogen-bond acceptors (Lipinski definition) is 4. The zero-order valence-electron chi connectivity index (χ0n) is 14.8. The highest BCUT2D eigenvalue weighted by Crippen LogP contribution is 2.30. The summed E-state index contributed by atoms with van der Waals surface area (Å²) in [6, 6.07) is 11.1. The van der Waals surface area contributed by atoms with Gasteiger partial charge < -0.3 is 10.1 Å². The highest BCUT2D eigenvalue weighted by Gasteiger charge is 2.31. The van der Waals surface area contributed by atoms with Gasteiger partial charge in [-0.2, -0.15) is 0 Å². The molecule has 1 atom stereocenters. The van der Waals surface area contributed by atoms with Crippen LogP contribution in [-0.4, -0.2) is 34.9 Å². The second-order valence-corrected chi connectivity index (χ2v) is 6.82. The van der Waals surface area contributed by atoms with Gasteiger partial charge in [-0.1, -0.05) is 26.0 Å². The summed E-state index contributed by atoms with van der Waals surface area (Å²) in [7, 11) is 0. The van der Waals surface area contributed by atoms with Crippen molar-refractivity contribution in [2.45, 2.75) is 32.7 Å². The fraction of sp³-hybridized carbons (Fsp3) is 0.400. The first-order valence-corrected chi connectivity index (χ1v) is 8.85. The third kappa shape index (κ3) is 4.57. The van der Waals surface area contributed by atoms with Crippen molar-refractivity contribution in [1.82, 2.24) is 9.88 Å². The van der Waals surface area contributed by atoms with Crippen LogP contribution in [0.2, 0.25) is 0 Å². The number of benzene rings is 1. The molecule has 2 aromatic rings. The Kier molecular flexibility index (Phi) is 5.66. The predicted octanol–water partition coefficient (Wildman–Crippen LogP) is 3.93. The van der Waals surface area contributed by atoms with Crippen LogP contribution in [0.3, 0.4) is 0 Å². The average molecular weight is 339 g/mol. The van der Waals surface area contributed by atoms with E-state index in [9.17, 15) is 4.79 Å². The van der Waals surface area contributed by atoms with Crippen molar-refractivity contribution < 1.29 is 9.53 Å². The molecule has 1 aliphatic heterocycles. The second-order valence-electron chi connectivity index (χ2n) is 6.82. The first kappa shape index (κ1) is 17.4. The summed E-state index contributed by atoms with van der Waals surface area (Å²) < 4.78 is 5.87. The number of hydrogen-bond donors (Lipinski definition) is 1. The lowest BCUT2D eigenvalue weighted by Crippen LogP contribution is -2.41. The van der Waals surface area contributed by atoms with Gasteiger partial charge in [0, 0.05) is 12.7 Å². The number of carbonyl (C=O) groups is 1. The van der Waals surface area contributed by atoms with E-state index in [1.807, 2.05) is 36.4 Å². The maximum atomic E-state index is 12.8. The normalized spacial score (nSPS) is 17.6. The summed E-state index contributed by atoms with van der Waals surface area (Å²) in [5, 5.41) is 3.05. The Morgan fingerprint density at radius 2 is 2.16 bits per heavy atom. The number of carbonyl (C=O) groups excluding carboxylic acids is 1. The lowest BCUT2D eigenvalue weighted by Gasteiger charge is -2.25. The van der Waals surface area contributed by atoms with Crippen LogP contribution >= 0.6 is 0 Å². The van der Waals surface area contributed by atoms with Gasteiger partial charge in [-0.3, -0.25) is 14.7 Å². The van der Waals surface area contributed by atoms with Crippen LogP contribution in [0.4, 0.5) is 5.69 Å². The molecule has 2 heterocycles. The van der Waals surface area contributed by atoms with Crippen molar-refractivity contribution in [3.05, 3.63) is 48.8 Å². The summed E-state index contributed by atoms with van der Waals surface area (Å²) in [4.78, 5) is 19.1. The van der Waals surface area contributed by atoms with Gasteiger partial charge in [0.05, 0.1) is 17.9 Å². The third-order valence-corrected chi connectivity index (χ3v) is 4.27. The standard InChI is InChI=1S/C20H25N3O2/c1-15(2)14-23-12-6-9-18(23)20(24)22-17-8-3-4-10-19(17)25-16-7-5-11-21-13-16/h3-5,7-8,10-11,13,15,18H,6,9,12,14H2,1-2H3,(H,22,24)/t18-/m0/s1. The maximum Gasteiger partial charge on any atom is 0.241 e. The molecule has 1 aliphatic rings. The molecule has 1 N–H and O–H groups in total. The van der Waals surface area contributed by atoms with E-state index >= 15 is 0 Å². The van der Waals surface area contributed by atoms with Crippen LogP contribution in [0.5, 0.6) is 11.5 Å². The van der Waals surface area contributed by atoms with Gasteiger partial charge in [-0.15, -0.1) is 0 Å². The number of aromatic nitrogens is 1. The Labute approximate surface area is 149 Å². The monoisotopic (exact) mass is 339 g/mol. The molecule has 1 aromatic heterocycles. The summed E-state index contributed by atoms with van der Waals surface area (Å²) >= 11 is 0. The number of anilines is 1. The second kappa shape index (κ2) is 8.12. The maximum absolute atomic E-state index is 12.8. The molecule has 0 spiro atoms. The molecule has 0 aliphatic carbocycles. The Morgan fingerprint density at radius 1 is 1.32 bits per heavy atom. The lowest BCUT2D eigenvalue weighted by molar-refractivity contribution is -0.120. The number of pyridine rings is 1. The number of ether oxygens (including phenoxy) is 1. The molecule has 1 amide bonds. The molecule has 0 radical (unpaired) electrons. The summed E-state index contributed by atoms with van der Waals surface area (Å²) in [5.41, 5.74) is 0.688. The quantitative estimate of drug-likeness (QED) is 0.866. The lowest BCUT2D eigenvalue weighted by atomic mass is 10.1. The van der Waals surface area contributed by atoms with Crippen LogP contribution in [0.15, 0.2) is 48.8 Å². The molecular formula is C20H25N3O2. The predicted molar refractivity (Wildman–Crippen MR) is 98.8 cm³/mol. The van der Waals surface area contributed by atoms with E-state index < -0.39 is 0 Å². The van der Waals surface area contributed by atoms with Gasteiger partial charge in [0.15, 0.2) is 5.75 Å². The largest absolute Gasteiger partial charge is 0.454 e. The summed E-state index contributed by atoms with van der Waals surface area (Å²) in [6.45, 7) is 6.31. The van der Waals surface area contributed by atoms with E-state index in [1.165, 1.54) is 0 Å². The van der Waals surface area contributed by atoms with E-state index in [0.717, 1.165) is 25.9 Å². The number of rotatable bonds is 6. The first-order chi connectivity index (χ1) is 12.1. The first-order valence-electron chi connectivity index (χ1n) is 8.85. The van der Waals surface area contributed by atoms with Crippen molar-refractivity contribution in [3.63, 3.8) is 0 Å². The van der Waals surface area contributed by atoms with Crippen LogP contribution in [-0.2, 0) is 4.79 Å². The fourth-order valence-corrected chi connectivity index (χ4v) is 3.22. The topological polar surface area (TPSA) is 54.5 Å². The number of nitrogens with zero attached hydrogens (tertiary/aromatic N) is 2. The Bertz CT molecular complexity index is 703. The molecule has 1 fully saturated rings. The van der Waals surface area contributed by atoms with Crippen molar-refractivity contribution in [2.24, 2.45) is 5.92 Å². The molecule has 1 aromatic carbocycles. The number of nitrogens with one attached hydrogen (secondary N) is 1. The Morgan fingerprint density at radius 3 is 2.92 bits per heavy atom. The molecule has 132 valence electrons. The zero-order valence-corrected chi connectivity index (χ0v) is 14.8. The number of para-hydroxylation sites is 2. The van der Waals surface area contributed by atoms with Crippen molar-refractivity contribution in [1.29, 1.82) is 0 Å². The fourth-order valence-electron chi connectivity index (χ4n) is 3.22. The molecule has 1 saturated heterocycles. The van der Waals surface area contributed by atoms with E-state index in [-0.39, 0.29) is 11.9 Å². The van der Waals surface area contributed by atoms with Crippen molar-refractivity contribution >= 4 is 11.6 Å². The minimum atomic E-state index is -0.0613. The van der Waals surface area contributed by atoms with Crippen LogP contribution < -0.4 is 10.1 Å². The Hall–Kier alpha value is -2.40. The third-order valence-electron chi connectivity index (χ3n) is 4.27. The smallest absolute Gasteiger partial charge is 0.241 e. The Balaban J connectivity index is 1.71. The summed E-state index contributed by atoms with van der Waals surface area (Å²) in [5.74, 6) is 1.86. The number of likely N-dealkylation sites (tertiary alicyclic amines) is 1. The molecule has 0 unspecified atom stereocenters. The van der Waals surface area contributed by atoms with E-state index in [0.29, 0.717) is 23.1 Å². The van der Waals surface area contributed by atoms with Crippen molar-refractivity contribution in [3.8, 4) is 11.5 Å². The molecule has 5 nitrogen and oxygen atoms in total. The van der Waals surface area contributed by atoms with Crippen LogP contribution in [0, 0.1) is 5.92 Å². The summed E-state index contributed by atoms with van der Waals surface area (Å²) in [6.07, 6.45) is 5.33. The van der Waals surface area contributed by atoms with Crippen molar-refractivity contribution in [2.75, 3.05) is 18.4 Å². The van der Waals surface area contributed by atoms with Gasteiger partial charge in [-0.25, -0.2) is 0 Å². The molecule has 0 saturated carbocycles. The van der Waals surface area contributed by atoms with Crippen LogP contribution in [0.1, 0.15) is 26.7 Å². The average Bonchev–Trinajstić information content (AvgIpc) is 3.05.